The lowest BCUT2D eigenvalue weighted by molar-refractivity contribution is 0.171. The van der Waals surface area contributed by atoms with Crippen LogP contribution in [0.15, 0.2) is 6.33 Å². The Balaban J connectivity index is 2.95. The minimum atomic E-state index is 0.170. The van der Waals surface area contributed by atoms with Gasteiger partial charge >= 0.3 is 0 Å². The lowest BCUT2D eigenvalue weighted by Crippen LogP contribution is -2.31. The summed E-state index contributed by atoms with van der Waals surface area (Å²) in [6, 6.07) is 0.170. The topological polar surface area (TPSA) is 68.3 Å². The zero-order valence-electron chi connectivity index (χ0n) is 12.4. The molecule has 0 spiro atoms. The molecule has 0 fully saturated rings. The first kappa shape index (κ1) is 15.5. The first-order valence-corrected chi connectivity index (χ1v) is 6.52. The molecule has 0 bridgehead atoms. The number of anilines is 2. The van der Waals surface area contributed by atoms with Crippen molar-refractivity contribution in [2.24, 2.45) is 5.92 Å². The first-order chi connectivity index (χ1) is 9.13. The summed E-state index contributed by atoms with van der Waals surface area (Å²) in [7, 11) is 3.31. The molecule has 108 valence electrons. The number of nitrogens with zero attached hydrogens (tertiary/aromatic N) is 2. The molecule has 0 saturated heterocycles. The average molecular weight is 268 g/mol. The van der Waals surface area contributed by atoms with Crippen molar-refractivity contribution < 1.29 is 9.47 Å². The van der Waals surface area contributed by atoms with Gasteiger partial charge in [-0.15, -0.1) is 0 Å². The van der Waals surface area contributed by atoms with Crippen LogP contribution in [-0.2, 0) is 4.74 Å². The van der Waals surface area contributed by atoms with E-state index in [9.17, 15) is 0 Å². The van der Waals surface area contributed by atoms with Gasteiger partial charge in [0.1, 0.15) is 6.33 Å². The van der Waals surface area contributed by atoms with Gasteiger partial charge in [0.05, 0.1) is 19.8 Å². The van der Waals surface area contributed by atoms with Crippen LogP contribution in [0.3, 0.4) is 0 Å². The molecule has 1 heterocycles. The third-order valence-corrected chi connectivity index (χ3v) is 2.83. The quantitative estimate of drug-likeness (QED) is 0.751. The fourth-order valence-corrected chi connectivity index (χ4v) is 1.72. The highest BCUT2D eigenvalue weighted by atomic mass is 16.5. The van der Waals surface area contributed by atoms with E-state index in [1.807, 2.05) is 6.92 Å². The molecule has 1 rings (SSSR count). The maximum atomic E-state index is 5.40. The number of rotatable bonds is 8. The van der Waals surface area contributed by atoms with Gasteiger partial charge in [0.15, 0.2) is 11.6 Å². The molecule has 6 heteroatoms. The summed E-state index contributed by atoms with van der Waals surface area (Å²) in [6.07, 6.45) is 1.52. The number of nitrogens with one attached hydrogen (secondary N) is 2. The fourth-order valence-electron chi connectivity index (χ4n) is 1.72. The van der Waals surface area contributed by atoms with Gasteiger partial charge in [-0.1, -0.05) is 13.8 Å². The highest BCUT2D eigenvalue weighted by molar-refractivity contribution is 5.63. The van der Waals surface area contributed by atoms with Crippen LogP contribution in [0.4, 0.5) is 11.6 Å². The van der Waals surface area contributed by atoms with Gasteiger partial charge in [-0.2, -0.15) is 0 Å². The molecule has 0 amide bonds. The second kappa shape index (κ2) is 7.78. The molecule has 1 unspecified atom stereocenters. The van der Waals surface area contributed by atoms with E-state index in [-0.39, 0.29) is 6.04 Å². The Hall–Kier alpha value is -1.56. The third-order valence-electron chi connectivity index (χ3n) is 2.83. The Kier molecular flexibility index (Phi) is 6.35. The summed E-state index contributed by atoms with van der Waals surface area (Å²) in [4.78, 5) is 8.43. The van der Waals surface area contributed by atoms with Crippen molar-refractivity contribution in [1.82, 2.24) is 9.97 Å². The first-order valence-electron chi connectivity index (χ1n) is 6.52. The Bertz CT molecular complexity index is 385. The minimum Gasteiger partial charge on any atom is -0.490 e. The maximum Gasteiger partial charge on any atom is 0.204 e. The lowest BCUT2D eigenvalue weighted by atomic mass is 10.1. The van der Waals surface area contributed by atoms with Gasteiger partial charge in [-0.3, -0.25) is 0 Å². The predicted octanol–water partition coefficient (Wildman–Crippen LogP) is 2.00. The van der Waals surface area contributed by atoms with Crippen LogP contribution < -0.4 is 15.4 Å². The Morgan fingerprint density at radius 1 is 1.21 bits per heavy atom. The zero-order valence-corrected chi connectivity index (χ0v) is 12.4. The molecule has 0 aliphatic carbocycles. The van der Waals surface area contributed by atoms with Crippen molar-refractivity contribution in [3.63, 3.8) is 0 Å². The lowest BCUT2D eigenvalue weighted by Gasteiger charge is -2.23. The highest BCUT2D eigenvalue weighted by Gasteiger charge is 2.18. The smallest absolute Gasteiger partial charge is 0.204 e. The van der Waals surface area contributed by atoms with E-state index in [2.05, 4.69) is 34.4 Å². The number of hydrogen-bond acceptors (Lipinski definition) is 6. The fraction of sp³-hybridized carbons (Fsp3) is 0.692. The van der Waals surface area contributed by atoms with E-state index in [0.717, 1.165) is 6.54 Å². The molecule has 0 saturated carbocycles. The summed E-state index contributed by atoms with van der Waals surface area (Å²) in [6.45, 7) is 7.67. The number of methoxy groups -OCH3 is 2. The summed E-state index contributed by atoms with van der Waals surface area (Å²) in [5.74, 6) is 2.43. The molecular weight excluding hydrogens is 244 g/mol. The standard InChI is InChI=1S/C13H24N4O2/c1-6-14-12-11(19-5)13(16-8-15-12)17-10(7-18-4)9(2)3/h8-10H,6-7H2,1-5H3,(H2,14,15,16,17). The monoisotopic (exact) mass is 268 g/mol. The molecule has 1 atom stereocenters. The predicted molar refractivity (Wildman–Crippen MR) is 76.9 cm³/mol. The highest BCUT2D eigenvalue weighted by Crippen LogP contribution is 2.29. The van der Waals surface area contributed by atoms with E-state index in [0.29, 0.717) is 29.9 Å². The van der Waals surface area contributed by atoms with Gasteiger partial charge in [-0.25, -0.2) is 9.97 Å². The van der Waals surface area contributed by atoms with Gasteiger partial charge in [0.2, 0.25) is 5.75 Å². The second-order valence-corrected chi connectivity index (χ2v) is 4.58. The Morgan fingerprint density at radius 2 is 1.89 bits per heavy atom. The minimum absolute atomic E-state index is 0.170. The normalized spacial score (nSPS) is 12.3. The van der Waals surface area contributed by atoms with Crippen molar-refractivity contribution in [3.05, 3.63) is 6.33 Å². The van der Waals surface area contributed by atoms with Crippen LogP contribution in [0.25, 0.3) is 0 Å². The largest absolute Gasteiger partial charge is 0.490 e. The van der Waals surface area contributed by atoms with E-state index in [1.165, 1.54) is 6.33 Å². The summed E-state index contributed by atoms with van der Waals surface area (Å²) < 4.78 is 10.6. The summed E-state index contributed by atoms with van der Waals surface area (Å²) >= 11 is 0. The van der Waals surface area contributed by atoms with Crippen molar-refractivity contribution >= 4 is 11.6 Å². The summed E-state index contributed by atoms with van der Waals surface area (Å²) in [5, 5.41) is 6.51. The van der Waals surface area contributed by atoms with E-state index in [4.69, 9.17) is 9.47 Å². The van der Waals surface area contributed by atoms with Crippen LogP contribution in [0.5, 0.6) is 5.75 Å². The van der Waals surface area contributed by atoms with Crippen LogP contribution in [0.1, 0.15) is 20.8 Å². The molecule has 0 radical (unpaired) electrons. The van der Waals surface area contributed by atoms with E-state index >= 15 is 0 Å². The number of ether oxygens (including phenoxy) is 2. The molecule has 0 aliphatic heterocycles. The van der Waals surface area contributed by atoms with Crippen molar-refractivity contribution in [1.29, 1.82) is 0 Å². The third kappa shape index (κ3) is 4.24. The van der Waals surface area contributed by atoms with Crippen LogP contribution >= 0.6 is 0 Å². The van der Waals surface area contributed by atoms with Crippen molar-refractivity contribution in [3.8, 4) is 5.75 Å². The second-order valence-electron chi connectivity index (χ2n) is 4.58. The molecule has 19 heavy (non-hydrogen) atoms. The van der Waals surface area contributed by atoms with Gasteiger partial charge in [0.25, 0.3) is 0 Å². The molecule has 6 nitrogen and oxygen atoms in total. The molecule has 0 aliphatic rings. The van der Waals surface area contributed by atoms with E-state index < -0.39 is 0 Å². The van der Waals surface area contributed by atoms with Gasteiger partial charge in [0, 0.05) is 13.7 Å². The van der Waals surface area contributed by atoms with Gasteiger partial charge < -0.3 is 20.1 Å². The SMILES string of the molecule is CCNc1ncnc(NC(COC)C(C)C)c1OC. The molecule has 1 aromatic heterocycles. The van der Waals surface area contributed by atoms with Crippen LogP contribution in [0.2, 0.25) is 0 Å². The molecule has 2 N–H and O–H groups in total. The molecular formula is C13H24N4O2. The van der Waals surface area contributed by atoms with E-state index in [1.54, 1.807) is 14.2 Å². The average Bonchev–Trinajstić information content (AvgIpc) is 2.38. The summed E-state index contributed by atoms with van der Waals surface area (Å²) in [5.41, 5.74) is 0. The zero-order chi connectivity index (χ0) is 14.3. The molecule has 0 aromatic carbocycles. The maximum absolute atomic E-state index is 5.40. The van der Waals surface area contributed by atoms with Gasteiger partial charge in [-0.05, 0) is 12.8 Å². The Labute approximate surface area is 114 Å². The molecule has 1 aromatic rings. The van der Waals surface area contributed by atoms with Crippen LogP contribution in [0, 0.1) is 5.92 Å². The number of hydrogen-bond donors (Lipinski definition) is 2. The van der Waals surface area contributed by atoms with Crippen molar-refractivity contribution in [2.75, 3.05) is 38.0 Å². The van der Waals surface area contributed by atoms with Crippen LogP contribution in [-0.4, -0.2) is 43.4 Å². The number of aromatic nitrogens is 2. The Morgan fingerprint density at radius 3 is 2.42 bits per heavy atom. The van der Waals surface area contributed by atoms with Crippen molar-refractivity contribution in [2.45, 2.75) is 26.8 Å².